The molecule has 2 atom stereocenters. The van der Waals surface area contributed by atoms with Crippen LogP contribution in [0.1, 0.15) is 25.7 Å². The molecule has 3 heterocycles. The van der Waals surface area contributed by atoms with Crippen molar-refractivity contribution in [3.63, 3.8) is 0 Å². The molecule has 1 aliphatic carbocycles. The van der Waals surface area contributed by atoms with Gasteiger partial charge in [0, 0.05) is 75.0 Å². The van der Waals surface area contributed by atoms with Gasteiger partial charge in [-0.15, -0.1) is 0 Å². The third-order valence-electron chi connectivity index (χ3n) is 7.40. The van der Waals surface area contributed by atoms with E-state index in [2.05, 4.69) is 49.4 Å². The molecule has 10 heteroatoms. The minimum absolute atomic E-state index is 0.0184. The number of piperazine rings is 1. The summed E-state index contributed by atoms with van der Waals surface area (Å²) >= 11 is 0. The molecule has 1 saturated heterocycles. The molecule has 0 spiro atoms. The number of sulfonamides is 1. The normalized spacial score (nSPS) is 21.5. The second-order valence-electron chi connectivity index (χ2n) is 9.74. The number of nitrogens with zero attached hydrogens (tertiary/aromatic N) is 5. The summed E-state index contributed by atoms with van der Waals surface area (Å²) < 4.78 is 28.1. The number of aromatic nitrogens is 3. The predicted octanol–water partition coefficient (Wildman–Crippen LogP) is 3.03. The summed E-state index contributed by atoms with van der Waals surface area (Å²) in [6.45, 7) is 4.81. The summed E-state index contributed by atoms with van der Waals surface area (Å²) in [6.07, 6.45) is 9.29. The van der Waals surface area contributed by atoms with E-state index in [1.165, 1.54) is 11.9 Å². The van der Waals surface area contributed by atoms with Gasteiger partial charge in [-0.05, 0) is 49.1 Å². The van der Waals surface area contributed by atoms with Gasteiger partial charge in [0.1, 0.15) is 5.65 Å². The van der Waals surface area contributed by atoms with Gasteiger partial charge in [-0.25, -0.2) is 17.7 Å². The number of hydrogen-bond acceptors (Lipinski definition) is 7. The van der Waals surface area contributed by atoms with E-state index < -0.39 is 10.0 Å². The van der Waals surface area contributed by atoms with E-state index in [4.69, 9.17) is 4.98 Å². The van der Waals surface area contributed by atoms with Crippen molar-refractivity contribution in [2.24, 2.45) is 5.92 Å². The number of benzene rings is 1. The molecule has 188 valence electrons. The Hall–Kier alpha value is -2.69. The molecular formula is C25H35N7O2S. The maximum atomic E-state index is 12.2. The lowest BCUT2D eigenvalue weighted by Gasteiger charge is -2.37. The third kappa shape index (κ3) is 5.44. The molecule has 1 saturated carbocycles. The number of nitrogens with one attached hydrogen (secondary N) is 2. The van der Waals surface area contributed by atoms with Crippen LogP contribution in [0.25, 0.3) is 11.0 Å². The van der Waals surface area contributed by atoms with Crippen molar-refractivity contribution in [1.82, 2.24) is 24.2 Å². The molecule has 0 radical (unpaired) electrons. The summed E-state index contributed by atoms with van der Waals surface area (Å²) in [5, 5.41) is 7.70. The van der Waals surface area contributed by atoms with Crippen LogP contribution in [0, 0.1) is 5.92 Å². The van der Waals surface area contributed by atoms with Gasteiger partial charge in [-0.3, -0.25) is 0 Å². The number of fused-ring (bicyclic) bond motifs is 1. The molecule has 2 unspecified atom stereocenters. The standard InChI is InChI=1S/C25H35N7O2S/c1-30(35(2,33)34)23-6-4-3-5-20(23)18-32-14-11-19-17-27-25(29-24(19)32)28-21-7-9-22(10-8-21)31-15-12-26-13-16-31/h7-11,14,17,20,23,26H,3-6,12-13,15-16,18H2,1-2H3,(H,27,28,29). The summed E-state index contributed by atoms with van der Waals surface area (Å²) in [5.74, 6) is 0.809. The first kappa shape index (κ1) is 24.0. The highest BCUT2D eigenvalue weighted by molar-refractivity contribution is 7.88. The fourth-order valence-corrected chi connectivity index (χ4v) is 6.13. The Balaban J connectivity index is 1.32. The fraction of sp³-hybridized carbons (Fsp3) is 0.520. The molecular weight excluding hydrogens is 462 g/mol. The van der Waals surface area contributed by atoms with E-state index in [9.17, 15) is 8.42 Å². The summed E-state index contributed by atoms with van der Waals surface area (Å²) in [7, 11) is -1.51. The maximum Gasteiger partial charge on any atom is 0.229 e. The van der Waals surface area contributed by atoms with Crippen molar-refractivity contribution < 1.29 is 8.42 Å². The van der Waals surface area contributed by atoms with Gasteiger partial charge in [0.05, 0.1) is 6.26 Å². The van der Waals surface area contributed by atoms with Crippen LogP contribution < -0.4 is 15.5 Å². The monoisotopic (exact) mass is 497 g/mol. The average Bonchev–Trinajstić information content (AvgIpc) is 3.26. The zero-order valence-electron chi connectivity index (χ0n) is 20.5. The molecule has 9 nitrogen and oxygen atoms in total. The summed E-state index contributed by atoms with van der Waals surface area (Å²) in [6, 6.07) is 10.5. The summed E-state index contributed by atoms with van der Waals surface area (Å²) in [5.41, 5.74) is 3.04. The molecule has 2 N–H and O–H groups in total. The Morgan fingerprint density at radius 3 is 2.60 bits per heavy atom. The zero-order valence-corrected chi connectivity index (χ0v) is 21.3. The van der Waals surface area contributed by atoms with Crippen molar-refractivity contribution in [2.45, 2.75) is 38.3 Å². The van der Waals surface area contributed by atoms with E-state index in [1.807, 2.05) is 18.5 Å². The molecule has 0 amide bonds. The highest BCUT2D eigenvalue weighted by Gasteiger charge is 2.32. The molecule has 0 bridgehead atoms. The van der Waals surface area contributed by atoms with Crippen molar-refractivity contribution in [3.8, 4) is 0 Å². The SMILES string of the molecule is CN(C1CCCCC1Cn1ccc2cnc(Nc3ccc(N4CCNCC4)cc3)nc21)S(C)(=O)=O. The fourth-order valence-electron chi connectivity index (χ4n) is 5.36. The molecule has 2 aromatic heterocycles. The van der Waals surface area contributed by atoms with Crippen LogP contribution in [0.3, 0.4) is 0 Å². The van der Waals surface area contributed by atoms with Gasteiger partial charge in [-0.2, -0.15) is 4.98 Å². The molecule has 3 aromatic rings. The molecule has 2 fully saturated rings. The molecule has 1 aromatic carbocycles. The zero-order chi connectivity index (χ0) is 24.4. The minimum atomic E-state index is -3.23. The van der Waals surface area contributed by atoms with Crippen LogP contribution in [-0.2, 0) is 16.6 Å². The van der Waals surface area contributed by atoms with E-state index in [1.54, 1.807) is 11.4 Å². The third-order valence-corrected chi connectivity index (χ3v) is 8.71. The first-order chi connectivity index (χ1) is 16.9. The lowest BCUT2D eigenvalue weighted by atomic mass is 9.84. The second kappa shape index (κ2) is 10.1. The topological polar surface area (TPSA) is 95.4 Å². The Morgan fingerprint density at radius 1 is 1.11 bits per heavy atom. The van der Waals surface area contributed by atoms with Crippen LogP contribution in [0.5, 0.6) is 0 Å². The summed E-state index contributed by atoms with van der Waals surface area (Å²) in [4.78, 5) is 11.7. The Bertz CT molecular complexity index is 1250. The van der Waals surface area contributed by atoms with Crippen LogP contribution in [0.15, 0.2) is 42.7 Å². The second-order valence-corrected chi connectivity index (χ2v) is 11.8. The Kier molecular flexibility index (Phi) is 6.95. The van der Waals surface area contributed by atoms with Crippen molar-refractivity contribution >= 4 is 38.4 Å². The first-order valence-corrected chi connectivity index (χ1v) is 14.3. The van der Waals surface area contributed by atoms with Gasteiger partial charge in [-0.1, -0.05) is 12.8 Å². The number of hydrogen-bond donors (Lipinski definition) is 2. The van der Waals surface area contributed by atoms with Crippen LogP contribution in [-0.4, -0.2) is 72.8 Å². The van der Waals surface area contributed by atoms with Gasteiger partial charge >= 0.3 is 0 Å². The van der Waals surface area contributed by atoms with Crippen LogP contribution >= 0.6 is 0 Å². The van der Waals surface area contributed by atoms with Crippen molar-refractivity contribution in [3.05, 3.63) is 42.7 Å². The van der Waals surface area contributed by atoms with E-state index in [0.717, 1.165) is 75.1 Å². The number of anilines is 3. The van der Waals surface area contributed by atoms with Gasteiger partial charge < -0.3 is 20.1 Å². The molecule has 2 aliphatic rings. The van der Waals surface area contributed by atoms with Gasteiger partial charge in [0.2, 0.25) is 16.0 Å². The van der Waals surface area contributed by atoms with Crippen molar-refractivity contribution in [1.29, 1.82) is 0 Å². The van der Waals surface area contributed by atoms with Crippen LogP contribution in [0.4, 0.5) is 17.3 Å². The minimum Gasteiger partial charge on any atom is -0.369 e. The van der Waals surface area contributed by atoms with E-state index >= 15 is 0 Å². The Labute approximate surface area is 207 Å². The largest absolute Gasteiger partial charge is 0.369 e. The molecule has 1 aliphatic heterocycles. The van der Waals surface area contributed by atoms with Gasteiger partial charge in [0.15, 0.2) is 0 Å². The Morgan fingerprint density at radius 2 is 1.86 bits per heavy atom. The lowest BCUT2D eigenvalue weighted by molar-refractivity contribution is 0.182. The maximum absolute atomic E-state index is 12.2. The quantitative estimate of drug-likeness (QED) is 0.518. The van der Waals surface area contributed by atoms with Crippen molar-refractivity contribution in [2.75, 3.05) is 49.7 Å². The molecule has 5 rings (SSSR count). The average molecular weight is 498 g/mol. The van der Waals surface area contributed by atoms with E-state index in [0.29, 0.717) is 5.95 Å². The lowest BCUT2D eigenvalue weighted by Crippen LogP contribution is -2.44. The van der Waals surface area contributed by atoms with Gasteiger partial charge in [0.25, 0.3) is 0 Å². The molecule has 35 heavy (non-hydrogen) atoms. The first-order valence-electron chi connectivity index (χ1n) is 12.5. The van der Waals surface area contributed by atoms with E-state index in [-0.39, 0.29) is 12.0 Å². The smallest absolute Gasteiger partial charge is 0.229 e. The predicted molar refractivity (Wildman–Crippen MR) is 141 cm³/mol. The highest BCUT2D eigenvalue weighted by Crippen LogP contribution is 2.31. The van der Waals surface area contributed by atoms with Crippen LogP contribution in [0.2, 0.25) is 0 Å². The highest BCUT2D eigenvalue weighted by atomic mass is 32.2. The number of rotatable bonds is 7.